The van der Waals surface area contributed by atoms with Gasteiger partial charge in [0.1, 0.15) is 0 Å². The van der Waals surface area contributed by atoms with Gasteiger partial charge >= 0.3 is 0 Å². The molecule has 5 rings (SSSR count). The van der Waals surface area contributed by atoms with Crippen molar-refractivity contribution in [3.05, 3.63) is 83.5 Å². The summed E-state index contributed by atoms with van der Waals surface area (Å²) in [4.78, 5) is 21.0. The van der Waals surface area contributed by atoms with Gasteiger partial charge in [0.05, 0.1) is 11.8 Å². The minimum atomic E-state index is 0.158. The number of imidazole rings is 1. The van der Waals surface area contributed by atoms with Crippen molar-refractivity contribution in [1.82, 2.24) is 14.3 Å². The normalized spacial score (nSPS) is 15.8. The molecule has 5 nitrogen and oxygen atoms in total. The second-order valence-electron chi connectivity index (χ2n) is 8.58. The number of thiazole rings is 1. The number of ether oxygens (including phenoxy) is 1. The van der Waals surface area contributed by atoms with E-state index in [-0.39, 0.29) is 12.0 Å². The van der Waals surface area contributed by atoms with Gasteiger partial charge < -0.3 is 9.64 Å². The van der Waals surface area contributed by atoms with Crippen LogP contribution in [0.1, 0.15) is 30.5 Å². The van der Waals surface area contributed by atoms with Crippen LogP contribution in [-0.2, 0) is 22.4 Å². The summed E-state index contributed by atoms with van der Waals surface area (Å²) in [6.07, 6.45) is 6.48. The number of rotatable bonds is 9. The lowest BCUT2D eigenvalue weighted by Gasteiger charge is -2.25. The highest BCUT2D eigenvalue weighted by molar-refractivity contribution is 7.15. The molecular weight excluding hydrogens is 430 g/mol. The fourth-order valence-electron chi connectivity index (χ4n) is 4.41. The molecule has 1 saturated heterocycles. The molecule has 1 fully saturated rings. The van der Waals surface area contributed by atoms with E-state index in [0.29, 0.717) is 19.5 Å². The largest absolute Gasteiger partial charge is 0.376 e. The molecule has 6 heteroatoms. The third kappa shape index (κ3) is 5.34. The molecule has 2 aromatic carbocycles. The van der Waals surface area contributed by atoms with Crippen molar-refractivity contribution >= 4 is 22.2 Å². The SMILES string of the molecule is O=C(CCc1ccccc1)N(CCc1csc2nc(-c3ccccc3)cn12)C[C@@H]1CCCO1. The zero-order valence-electron chi connectivity index (χ0n) is 18.7. The first-order valence-electron chi connectivity index (χ1n) is 11.7. The molecule has 0 radical (unpaired) electrons. The van der Waals surface area contributed by atoms with Crippen molar-refractivity contribution in [2.45, 2.75) is 38.2 Å². The van der Waals surface area contributed by atoms with E-state index in [9.17, 15) is 4.79 Å². The average Bonchev–Trinajstić information content (AvgIpc) is 3.60. The Labute approximate surface area is 198 Å². The summed E-state index contributed by atoms with van der Waals surface area (Å²) >= 11 is 1.65. The van der Waals surface area contributed by atoms with Crippen LogP contribution in [0.15, 0.2) is 72.2 Å². The molecule has 0 saturated carbocycles. The van der Waals surface area contributed by atoms with Crippen molar-refractivity contribution in [3.8, 4) is 11.3 Å². The van der Waals surface area contributed by atoms with E-state index in [1.54, 1.807) is 11.3 Å². The lowest BCUT2D eigenvalue weighted by Crippen LogP contribution is -2.39. The topological polar surface area (TPSA) is 46.8 Å². The van der Waals surface area contributed by atoms with Crippen molar-refractivity contribution in [1.29, 1.82) is 0 Å². The lowest BCUT2D eigenvalue weighted by molar-refractivity contribution is -0.132. The summed E-state index contributed by atoms with van der Waals surface area (Å²) in [5, 5.41) is 2.16. The van der Waals surface area contributed by atoms with Gasteiger partial charge in [0.2, 0.25) is 5.91 Å². The Morgan fingerprint density at radius 3 is 2.64 bits per heavy atom. The quantitative estimate of drug-likeness (QED) is 0.344. The molecule has 33 heavy (non-hydrogen) atoms. The van der Waals surface area contributed by atoms with E-state index < -0.39 is 0 Å². The van der Waals surface area contributed by atoms with Gasteiger partial charge in [-0.1, -0.05) is 60.7 Å². The fraction of sp³-hybridized carbons (Fsp3) is 0.333. The van der Waals surface area contributed by atoms with E-state index in [1.165, 1.54) is 11.3 Å². The van der Waals surface area contributed by atoms with Crippen LogP contribution in [0.5, 0.6) is 0 Å². The van der Waals surface area contributed by atoms with Gasteiger partial charge in [-0.05, 0) is 24.8 Å². The molecule has 0 unspecified atom stereocenters. The van der Waals surface area contributed by atoms with Gasteiger partial charge in [-0.25, -0.2) is 4.98 Å². The number of aromatic nitrogens is 2. The van der Waals surface area contributed by atoms with Crippen molar-refractivity contribution in [2.24, 2.45) is 0 Å². The fourth-order valence-corrected chi connectivity index (χ4v) is 5.32. The molecule has 4 aromatic rings. The maximum atomic E-state index is 13.2. The maximum absolute atomic E-state index is 13.2. The lowest BCUT2D eigenvalue weighted by atomic mass is 10.1. The number of hydrogen-bond acceptors (Lipinski definition) is 4. The third-order valence-corrected chi connectivity index (χ3v) is 7.15. The average molecular weight is 460 g/mol. The molecule has 1 amide bonds. The molecule has 170 valence electrons. The van der Waals surface area contributed by atoms with Crippen molar-refractivity contribution in [2.75, 3.05) is 19.7 Å². The maximum Gasteiger partial charge on any atom is 0.223 e. The number of hydrogen-bond donors (Lipinski definition) is 0. The number of nitrogens with zero attached hydrogens (tertiary/aromatic N) is 3. The molecule has 3 heterocycles. The van der Waals surface area contributed by atoms with E-state index in [0.717, 1.165) is 48.5 Å². The number of fused-ring (bicyclic) bond motifs is 1. The van der Waals surface area contributed by atoms with Gasteiger partial charge in [0, 0.05) is 55.4 Å². The minimum Gasteiger partial charge on any atom is -0.376 e. The van der Waals surface area contributed by atoms with Crippen LogP contribution in [0, 0.1) is 0 Å². The highest BCUT2D eigenvalue weighted by Crippen LogP contribution is 2.24. The van der Waals surface area contributed by atoms with Gasteiger partial charge in [-0.15, -0.1) is 11.3 Å². The van der Waals surface area contributed by atoms with Crippen LogP contribution in [0.3, 0.4) is 0 Å². The predicted molar refractivity (Wildman–Crippen MR) is 133 cm³/mol. The summed E-state index contributed by atoms with van der Waals surface area (Å²) in [6, 6.07) is 20.5. The highest BCUT2D eigenvalue weighted by atomic mass is 32.1. The summed E-state index contributed by atoms with van der Waals surface area (Å²) in [7, 11) is 0. The second-order valence-corrected chi connectivity index (χ2v) is 9.42. The molecule has 0 bridgehead atoms. The van der Waals surface area contributed by atoms with Gasteiger partial charge in [-0.3, -0.25) is 9.20 Å². The predicted octanol–water partition coefficient (Wildman–Crippen LogP) is 5.25. The van der Waals surface area contributed by atoms with Gasteiger partial charge in [0.15, 0.2) is 4.96 Å². The molecule has 0 spiro atoms. The Balaban J connectivity index is 1.27. The molecule has 2 aromatic heterocycles. The zero-order chi connectivity index (χ0) is 22.5. The van der Waals surface area contributed by atoms with Crippen LogP contribution >= 0.6 is 11.3 Å². The summed E-state index contributed by atoms with van der Waals surface area (Å²) in [5.41, 5.74) is 4.50. The molecule has 1 aliphatic heterocycles. The Kier molecular flexibility index (Phi) is 6.84. The third-order valence-electron chi connectivity index (χ3n) is 6.26. The second kappa shape index (κ2) is 10.3. The van der Waals surface area contributed by atoms with E-state index >= 15 is 0 Å². The van der Waals surface area contributed by atoms with E-state index in [1.807, 2.05) is 41.3 Å². The van der Waals surface area contributed by atoms with Gasteiger partial charge in [-0.2, -0.15) is 0 Å². The van der Waals surface area contributed by atoms with Crippen molar-refractivity contribution < 1.29 is 9.53 Å². The van der Waals surface area contributed by atoms with Crippen molar-refractivity contribution in [3.63, 3.8) is 0 Å². The first-order chi connectivity index (χ1) is 16.3. The molecule has 0 N–H and O–H groups in total. The van der Waals surface area contributed by atoms with Gasteiger partial charge in [0.25, 0.3) is 0 Å². The smallest absolute Gasteiger partial charge is 0.223 e. The van der Waals surface area contributed by atoms with Crippen LogP contribution in [0.25, 0.3) is 16.2 Å². The summed E-state index contributed by atoms with van der Waals surface area (Å²) in [6.45, 7) is 2.18. The number of carbonyl (C=O) groups excluding carboxylic acids is 1. The summed E-state index contributed by atoms with van der Waals surface area (Å²) < 4.78 is 8.02. The number of benzene rings is 2. The number of amides is 1. The Morgan fingerprint density at radius 2 is 1.88 bits per heavy atom. The number of carbonyl (C=O) groups is 1. The highest BCUT2D eigenvalue weighted by Gasteiger charge is 2.23. The molecule has 0 aliphatic carbocycles. The Morgan fingerprint density at radius 1 is 1.09 bits per heavy atom. The summed E-state index contributed by atoms with van der Waals surface area (Å²) in [5.74, 6) is 0.205. The van der Waals surface area contributed by atoms with Crippen LogP contribution in [0.4, 0.5) is 0 Å². The Hall–Kier alpha value is -2.96. The standard InChI is InChI=1S/C27H29N3O2S/c31-26(14-13-21-8-3-1-4-9-21)29(18-24-12-7-17-32-24)16-15-23-20-33-27-28-25(19-30(23)27)22-10-5-2-6-11-22/h1-6,8-11,19-20,24H,7,12-18H2/t24-/m0/s1. The van der Waals surface area contributed by atoms with E-state index in [2.05, 4.69) is 40.2 Å². The molecular formula is C27H29N3O2S. The first kappa shape index (κ1) is 21.9. The van der Waals surface area contributed by atoms with E-state index in [4.69, 9.17) is 9.72 Å². The zero-order valence-corrected chi connectivity index (χ0v) is 19.5. The first-order valence-corrected chi connectivity index (χ1v) is 12.6. The monoisotopic (exact) mass is 459 g/mol. The van der Waals surface area contributed by atoms with Crippen LogP contribution < -0.4 is 0 Å². The Bertz CT molecular complexity index is 1180. The minimum absolute atomic E-state index is 0.158. The van der Waals surface area contributed by atoms with Crippen LogP contribution in [-0.4, -0.2) is 46.0 Å². The number of aryl methyl sites for hydroxylation is 1. The molecule has 1 aliphatic rings. The molecule has 1 atom stereocenters. The van der Waals surface area contributed by atoms with Crippen LogP contribution in [0.2, 0.25) is 0 Å².